The number of aromatic nitrogens is 3. The topological polar surface area (TPSA) is 88.9 Å². The summed E-state index contributed by atoms with van der Waals surface area (Å²) >= 11 is 0. The summed E-state index contributed by atoms with van der Waals surface area (Å²) in [6.45, 7) is 2.13. The van der Waals surface area contributed by atoms with Gasteiger partial charge in [-0.2, -0.15) is 0 Å². The minimum Gasteiger partial charge on any atom is -0.324 e. The van der Waals surface area contributed by atoms with Gasteiger partial charge in [-0.05, 0) is 37.0 Å². The Bertz CT molecular complexity index is 719. The van der Waals surface area contributed by atoms with Crippen LogP contribution in [0.1, 0.15) is 31.7 Å². The maximum Gasteiger partial charge on any atom is 0.246 e. The lowest BCUT2D eigenvalue weighted by Crippen LogP contribution is -2.28. The van der Waals surface area contributed by atoms with Crippen molar-refractivity contribution in [2.24, 2.45) is 5.92 Å². The quantitative estimate of drug-likeness (QED) is 0.851. The second-order valence-corrected chi connectivity index (χ2v) is 6.02. The largest absolute Gasteiger partial charge is 0.324 e. The van der Waals surface area contributed by atoms with Gasteiger partial charge in [0.15, 0.2) is 5.82 Å². The molecule has 0 atom stereocenters. The van der Waals surface area contributed by atoms with Gasteiger partial charge in [-0.25, -0.2) is 4.68 Å². The Morgan fingerprint density at radius 2 is 1.96 bits per heavy atom. The average molecular weight is 327 g/mol. The summed E-state index contributed by atoms with van der Waals surface area (Å²) in [5.74, 6) is 0.256. The van der Waals surface area contributed by atoms with Crippen LogP contribution in [0.4, 0.5) is 11.5 Å². The highest BCUT2D eigenvalue weighted by molar-refractivity contribution is 5.92. The molecule has 2 N–H and O–H groups in total. The van der Waals surface area contributed by atoms with Gasteiger partial charge < -0.3 is 10.6 Å². The van der Waals surface area contributed by atoms with Crippen molar-refractivity contribution in [3.05, 3.63) is 36.0 Å². The molecule has 126 valence electrons. The maximum absolute atomic E-state index is 12.0. The molecular formula is C17H21N5O2. The molecule has 1 aromatic carbocycles. The lowest BCUT2D eigenvalue weighted by Gasteiger charge is -2.23. The maximum atomic E-state index is 12.0. The number of nitrogens with one attached hydrogen (secondary N) is 2. The van der Waals surface area contributed by atoms with Crippen LogP contribution in [-0.4, -0.2) is 26.8 Å². The van der Waals surface area contributed by atoms with Crippen LogP contribution in [0.2, 0.25) is 0 Å². The van der Waals surface area contributed by atoms with Crippen molar-refractivity contribution in [1.82, 2.24) is 15.0 Å². The van der Waals surface area contributed by atoms with E-state index in [0.29, 0.717) is 5.82 Å². The number of anilines is 2. The zero-order chi connectivity index (χ0) is 16.9. The van der Waals surface area contributed by atoms with E-state index in [0.717, 1.165) is 31.4 Å². The number of benzene rings is 1. The van der Waals surface area contributed by atoms with Crippen molar-refractivity contribution in [2.45, 2.75) is 39.2 Å². The fraction of sp³-hybridized carbons (Fsp3) is 0.412. The Hall–Kier alpha value is -2.70. The van der Waals surface area contributed by atoms with Gasteiger partial charge in [0.1, 0.15) is 6.54 Å². The molecule has 2 aromatic rings. The molecule has 0 spiro atoms. The van der Waals surface area contributed by atoms with Gasteiger partial charge >= 0.3 is 0 Å². The first-order valence-electron chi connectivity index (χ1n) is 8.24. The predicted octanol–water partition coefficient (Wildman–Crippen LogP) is 2.22. The molecule has 1 aliphatic rings. The normalized spacial score (nSPS) is 14.0. The van der Waals surface area contributed by atoms with Gasteiger partial charge in [-0.3, -0.25) is 9.59 Å². The van der Waals surface area contributed by atoms with Crippen LogP contribution in [0.5, 0.6) is 0 Å². The van der Waals surface area contributed by atoms with Crippen molar-refractivity contribution >= 4 is 23.3 Å². The van der Waals surface area contributed by atoms with Crippen LogP contribution >= 0.6 is 0 Å². The summed E-state index contributed by atoms with van der Waals surface area (Å²) < 4.78 is 1.41. The lowest BCUT2D eigenvalue weighted by molar-refractivity contribution is -0.122. The summed E-state index contributed by atoms with van der Waals surface area (Å²) in [4.78, 5) is 23.9. The number of hydrogen-bond acceptors (Lipinski definition) is 4. The van der Waals surface area contributed by atoms with Gasteiger partial charge in [0.2, 0.25) is 11.8 Å². The Kier molecular flexibility index (Phi) is 4.88. The van der Waals surface area contributed by atoms with Crippen molar-refractivity contribution in [2.75, 3.05) is 10.6 Å². The minimum absolute atomic E-state index is 0.0197. The second-order valence-electron chi connectivity index (χ2n) is 6.02. The predicted molar refractivity (Wildman–Crippen MR) is 90.4 cm³/mol. The molecule has 7 heteroatoms. The fourth-order valence-electron chi connectivity index (χ4n) is 2.50. The average Bonchev–Trinajstić information content (AvgIpc) is 2.93. The van der Waals surface area contributed by atoms with Gasteiger partial charge in [0.05, 0.1) is 6.20 Å². The lowest BCUT2D eigenvalue weighted by atomic mass is 9.85. The van der Waals surface area contributed by atoms with Crippen molar-refractivity contribution in [1.29, 1.82) is 0 Å². The van der Waals surface area contributed by atoms with E-state index in [1.807, 2.05) is 24.3 Å². The third kappa shape index (κ3) is 3.98. The first-order valence-corrected chi connectivity index (χ1v) is 8.24. The minimum atomic E-state index is -0.194. The van der Waals surface area contributed by atoms with E-state index in [1.165, 1.54) is 10.2 Å². The summed E-state index contributed by atoms with van der Waals surface area (Å²) in [5, 5.41) is 13.3. The number of nitrogens with zero attached hydrogens (tertiary/aromatic N) is 3. The van der Waals surface area contributed by atoms with E-state index in [2.05, 4.69) is 27.9 Å². The highest BCUT2D eigenvalue weighted by Crippen LogP contribution is 2.27. The standard InChI is InChI=1S/C17H21N5O2/c1-2-12-6-8-14(9-7-12)18-16(23)11-22-10-15(20-21-22)19-17(24)13-4-3-5-13/h6-10,13H,2-5,11H2,1H3,(H,18,23)(H,19,24). The molecule has 3 rings (SSSR count). The number of aryl methyl sites for hydroxylation is 1. The van der Waals surface area contributed by atoms with Gasteiger partial charge in [0.25, 0.3) is 0 Å². The van der Waals surface area contributed by atoms with Crippen LogP contribution < -0.4 is 10.6 Å². The zero-order valence-electron chi connectivity index (χ0n) is 13.7. The molecule has 0 saturated heterocycles. The van der Waals surface area contributed by atoms with Gasteiger partial charge in [-0.1, -0.05) is 30.7 Å². The molecule has 2 amide bonds. The number of hydrogen-bond donors (Lipinski definition) is 2. The molecule has 0 aliphatic heterocycles. The van der Waals surface area contributed by atoms with Crippen LogP contribution in [0.25, 0.3) is 0 Å². The third-order valence-corrected chi connectivity index (χ3v) is 4.22. The number of carbonyl (C=O) groups excluding carboxylic acids is 2. The first kappa shape index (κ1) is 16.2. The van der Waals surface area contributed by atoms with Crippen molar-refractivity contribution in [3.8, 4) is 0 Å². The van der Waals surface area contributed by atoms with E-state index in [9.17, 15) is 9.59 Å². The highest BCUT2D eigenvalue weighted by Gasteiger charge is 2.25. The SMILES string of the molecule is CCc1ccc(NC(=O)Cn2cc(NC(=O)C3CCC3)nn2)cc1. The van der Waals surface area contributed by atoms with E-state index in [-0.39, 0.29) is 24.3 Å². The van der Waals surface area contributed by atoms with Crippen LogP contribution in [-0.2, 0) is 22.6 Å². The monoisotopic (exact) mass is 327 g/mol. The smallest absolute Gasteiger partial charge is 0.246 e. The van der Waals surface area contributed by atoms with Crippen LogP contribution in [0.15, 0.2) is 30.5 Å². The van der Waals surface area contributed by atoms with Gasteiger partial charge in [-0.15, -0.1) is 5.10 Å². The van der Waals surface area contributed by atoms with E-state index < -0.39 is 0 Å². The summed E-state index contributed by atoms with van der Waals surface area (Å²) in [6.07, 6.45) is 5.49. The highest BCUT2D eigenvalue weighted by atomic mass is 16.2. The van der Waals surface area contributed by atoms with Crippen molar-refractivity contribution < 1.29 is 9.59 Å². The summed E-state index contributed by atoms with van der Waals surface area (Å²) in [6, 6.07) is 7.73. The molecule has 0 bridgehead atoms. The molecule has 1 aromatic heterocycles. The van der Waals surface area contributed by atoms with E-state index in [4.69, 9.17) is 0 Å². The van der Waals surface area contributed by atoms with Crippen LogP contribution in [0.3, 0.4) is 0 Å². The molecule has 7 nitrogen and oxygen atoms in total. The molecule has 0 unspecified atom stereocenters. The molecule has 0 radical (unpaired) electrons. The fourth-order valence-corrected chi connectivity index (χ4v) is 2.50. The number of carbonyl (C=O) groups is 2. The van der Waals surface area contributed by atoms with E-state index >= 15 is 0 Å². The Morgan fingerprint density at radius 1 is 1.21 bits per heavy atom. The zero-order valence-corrected chi connectivity index (χ0v) is 13.7. The Morgan fingerprint density at radius 3 is 2.58 bits per heavy atom. The molecule has 1 fully saturated rings. The van der Waals surface area contributed by atoms with Crippen LogP contribution in [0, 0.1) is 5.92 Å². The molecule has 24 heavy (non-hydrogen) atoms. The Labute approximate surface area is 140 Å². The Balaban J connectivity index is 1.51. The molecular weight excluding hydrogens is 306 g/mol. The molecule has 1 saturated carbocycles. The second kappa shape index (κ2) is 7.25. The van der Waals surface area contributed by atoms with E-state index in [1.54, 1.807) is 6.20 Å². The first-order chi connectivity index (χ1) is 11.6. The number of amides is 2. The molecule has 1 heterocycles. The van der Waals surface area contributed by atoms with Gasteiger partial charge in [0, 0.05) is 11.6 Å². The van der Waals surface area contributed by atoms with Crippen molar-refractivity contribution in [3.63, 3.8) is 0 Å². The number of rotatable bonds is 6. The summed E-state index contributed by atoms with van der Waals surface area (Å²) in [5.41, 5.74) is 1.96. The third-order valence-electron chi connectivity index (χ3n) is 4.22. The molecule has 1 aliphatic carbocycles. The summed E-state index contributed by atoms with van der Waals surface area (Å²) in [7, 11) is 0.